The number of hydrogen-bond donors (Lipinski definition) is 2. The average molecular weight is 409 g/mol. The molecule has 0 saturated heterocycles. The highest BCUT2D eigenvalue weighted by Crippen LogP contribution is 2.30. The Morgan fingerprint density at radius 3 is 2.28 bits per heavy atom. The lowest BCUT2D eigenvalue weighted by Crippen LogP contribution is -2.29. The normalized spacial score (nSPS) is 11.4. The fraction of sp³-hybridized carbons (Fsp3) is 0.130. The van der Waals surface area contributed by atoms with E-state index >= 15 is 0 Å². The summed E-state index contributed by atoms with van der Waals surface area (Å²) in [5.74, 6) is 0.688. The van der Waals surface area contributed by atoms with E-state index in [0.29, 0.717) is 22.2 Å². The summed E-state index contributed by atoms with van der Waals surface area (Å²) in [4.78, 5) is 24.3. The largest absolute Gasteiger partial charge is 0.455 e. The highest BCUT2D eigenvalue weighted by Gasteiger charge is 2.18. The molecule has 0 saturated carbocycles. The summed E-state index contributed by atoms with van der Waals surface area (Å²) in [7, 11) is 0. The van der Waals surface area contributed by atoms with Gasteiger partial charge in [-0.15, -0.1) is 0 Å². The van der Waals surface area contributed by atoms with E-state index in [-0.39, 0.29) is 18.2 Å². The van der Waals surface area contributed by atoms with Crippen LogP contribution in [0.2, 0.25) is 5.02 Å². The highest BCUT2D eigenvalue weighted by molar-refractivity contribution is 6.30. The molecule has 3 aromatic rings. The summed E-state index contributed by atoms with van der Waals surface area (Å²) in [6.07, 6.45) is 0.0961. The molecule has 1 atom stereocenters. The minimum atomic E-state index is -0.418. The second kappa shape index (κ2) is 9.75. The molecule has 6 heteroatoms. The molecule has 0 aliphatic rings. The highest BCUT2D eigenvalue weighted by atomic mass is 35.5. The summed E-state index contributed by atoms with van der Waals surface area (Å²) in [5, 5.41) is 6.32. The van der Waals surface area contributed by atoms with Crippen molar-refractivity contribution in [2.24, 2.45) is 0 Å². The van der Waals surface area contributed by atoms with E-state index in [9.17, 15) is 9.59 Å². The van der Waals surface area contributed by atoms with Gasteiger partial charge in [-0.3, -0.25) is 9.59 Å². The van der Waals surface area contributed by atoms with Crippen LogP contribution >= 0.6 is 11.6 Å². The second-order valence-corrected chi connectivity index (χ2v) is 6.90. The number of hydrogen-bond acceptors (Lipinski definition) is 3. The molecule has 3 aromatic carbocycles. The van der Waals surface area contributed by atoms with Gasteiger partial charge in [0, 0.05) is 11.9 Å². The molecule has 5 nitrogen and oxygen atoms in total. The molecular weight excluding hydrogens is 388 g/mol. The molecule has 2 amide bonds. The van der Waals surface area contributed by atoms with E-state index in [2.05, 4.69) is 10.6 Å². The van der Waals surface area contributed by atoms with Crippen LogP contribution in [-0.4, -0.2) is 11.8 Å². The first-order valence-electron chi connectivity index (χ1n) is 9.15. The lowest BCUT2D eigenvalue weighted by molar-refractivity contribution is -0.120. The number of benzene rings is 3. The lowest BCUT2D eigenvalue weighted by atomic mass is 10.0. The smallest absolute Gasteiger partial charge is 0.226 e. The molecule has 2 N–H and O–H groups in total. The second-order valence-electron chi connectivity index (χ2n) is 6.47. The molecule has 29 heavy (non-hydrogen) atoms. The molecule has 0 heterocycles. The minimum Gasteiger partial charge on any atom is -0.455 e. The standard InChI is InChI=1S/C23H21ClN2O3/c1-16(27)25-21(17-7-3-2-4-8-17)15-23(28)26-20-9-5-6-10-22(20)29-19-13-11-18(24)12-14-19/h2-14,21H,15H2,1H3,(H,25,27)(H,26,28). The van der Waals surface area contributed by atoms with Gasteiger partial charge in [0.25, 0.3) is 0 Å². The molecule has 0 aliphatic carbocycles. The van der Waals surface area contributed by atoms with Crippen LogP contribution in [0.1, 0.15) is 24.9 Å². The van der Waals surface area contributed by atoms with Crippen LogP contribution in [0, 0.1) is 0 Å². The van der Waals surface area contributed by atoms with E-state index < -0.39 is 6.04 Å². The Hall–Kier alpha value is -3.31. The summed E-state index contributed by atoms with van der Waals surface area (Å²) in [6.45, 7) is 1.43. The van der Waals surface area contributed by atoms with Gasteiger partial charge in [-0.05, 0) is 42.0 Å². The number of halogens is 1. The van der Waals surface area contributed by atoms with E-state index in [1.54, 1.807) is 36.4 Å². The van der Waals surface area contributed by atoms with Crippen LogP contribution in [0.25, 0.3) is 0 Å². The van der Waals surface area contributed by atoms with Crippen molar-refractivity contribution >= 4 is 29.1 Å². The maximum atomic E-state index is 12.7. The Morgan fingerprint density at radius 2 is 1.59 bits per heavy atom. The number of carbonyl (C=O) groups excluding carboxylic acids is 2. The predicted molar refractivity (Wildman–Crippen MR) is 114 cm³/mol. The van der Waals surface area contributed by atoms with Crippen LogP contribution in [0.4, 0.5) is 5.69 Å². The molecule has 0 bridgehead atoms. The van der Waals surface area contributed by atoms with Crippen molar-refractivity contribution in [2.75, 3.05) is 5.32 Å². The molecule has 0 aromatic heterocycles. The molecular formula is C23H21ClN2O3. The third-order valence-corrected chi connectivity index (χ3v) is 4.42. The van der Waals surface area contributed by atoms with Crippen LogP contribution in [0.15, 0.2) is 78.9 Å². The van der Waals surface area contributed by atoms with Crippen LogP contribution in [0.3, 0.4) is 0 Å². The van der Waals surface area contributed by atoms with Crippen molar-refractivity contribution in [3.05, 3.63) is 89.4 Å². The number of para-hydroxylation sites is 2. The first kappa shape index (κ1) is 20.4. The molecule has 1 unspecified atom stereocenters. The zero-order valence-corrected chi connectivity index (χ0v) is 16.6. The topological polar surface area (TPSA) is 67.4 Å². The van der Waals surface area contributed by atoms with Gasteiger partial charge in [0.05, 0.1) is 18.2 Å². The van der Waals surface area contributed by atoms with Crippen LogP contribution in [0.5, 0.6) is 11.5 Å². The Bertz CT molecular complexity index is 975. The van der Waals surface area contributed by atoms with Gasteiger partial charge in [-0.2, -0.15) is 0 Å². The Morgan fingerprint density at radius 1 is 0.931 bits per heavy atom. The van der Waals surface area contributed by atoms with E-state index in [4.69, 9.17) is 16.3 Å². The van der Waals surface area contributed by atoms with Crippen LogP contribution in [-0.2, 0) is 9.59 Å². The predicted octanol–water partition coefficient (Wildman–Crippen LogP) is 5.34. The van der Waals surface area contributed by atoms with Gasteiger partial charge >= 0.3 is 0 Å². The molecule has 148 valence electrons. The molecule has 3 rings (SSSR count). The van der Waals surface area contributed by atoms with Crippen molar-refractivity contribution in [3.63, 3.8) is 0 Å². The van der Waals surface area contributed by atoms with Crippen molar-refractivity contribution in [1.82, 2.24) is 5.32 Å². The average Bonchev–Trinajstić information content (AvgIpc) is 2.71. The summed E-state index contributed by atoms with van der Waals surface area (Å²) >= 11 is 5.91. The fourth-order valence-corrected chi connectivity index (χ4v) is 2.98. The first-order chi connectivity index (χ1) is 14.0. The summed E-state index contributed by atoms with van der Waals surface area (Å²) in [5.41, 5.74) is 1.41. The number of ether oxygens (including phenoxy) is 1. The van der Waals surface area contributed by atoms with Crippen molar-refractivity contribution in [1.29, 1.82) is 0 Å². The quantitative estimate of drug-likeness (QED) is 0.554. The maximum absolute atomic E-state index is 12.7. The third-order valence-electron chi connectivity index (χ3n) is 4.17. The van der Waals surface area contributed by atoms with E-state index in [0.717, 1.165) is 5.56 Å². The van der Waals surface area contributed by atoms with Crippen molar-refractivity contribution in [2.45, 2.75) is 19.4 Å². The number of amides is 2. The maximum Gasteiger partial charge on any atom is 0.226 e. The number of carbonyl (C=O) groups is 2. The Labute approximate surface area is 174 Å². The van der Waals surface area contributed by atoms with Crippen molar-refractivity contribution < 1.29 is 14.3 Å². The molecule has 0 fully saturated rings. The summed E-state index contributed by atoms with van der Waals surface area (Å²) in [6, 6.07) is 23.1. The van der Waals surface area contributed by atoms with Gasteiger partial charge < -0.3 is 15.4 Å². The van der Waals surface area contributed by atoms with Gasteiger partial charge in [-0.1, -0.05) is 54.1 Å². The van der Waals surface area contributed by atoms with Crippen molar-refractivity contribution in [3.8, 4) is 11.5 Å². The van der Waals surface area contributed by atoms with Gasteiger partial charge in [0.2, 0.25) is 11.8 Å². The van der Waals surface area contributed by atoms with Gasteiger partial charge in [0.1, 0.15) is 5.75 Å². The van der Waals surface area contributed by atoms with E-state index in [1.807, 2.05) is 42.5 Å². The Balaban J connectivity index is 1.72. The zero-order valence-electron chi connectivity index (χ0n) is 15.9. The minimum absolute atomic E-state index is 0.0961. The number of rotatable bonds is 7. The molecule has 0 spiro atoms. The first-order valence-corrected chi connectivity index (χ1v) is 9.53. The molecule has 0 aliphatic heterocycles. The Kier molecular flexibility index (Phi) is 6.87. The molecule has 0 radical (unpaired) electrons. The third kappa shape index (κ3) is 6.09. The summed E-state index contributed by atoms with van der Waals surface area (Å²) < 4.78 is 5.88. The fourth-order valence-electron chi connectivity index (χ4n) is 2.86. The van der Waals surface area contributed by atoms with E-state index in [1.165, 1.54) is 6.92 Å². The lowest BCUT2D eigenvalue weighted by Gasteiger charge is -2.19. The van der Waals surface area contributed by atoms with Gasteiger partial charge in [0.15, 0.2) is 5.75 Å². The van der Waals surface area contributed by atoms with Crippen LogP contribution < -0.4 is 15.4 Å². The SMILES string of the molecule is CC(=O)NC(CC(=O)Nc1ccccc1Oc1ccc(Cl)cc1)c1ccccc1. The monoisotopic (exact) mass is 408 g/mol. The zero-order chi connectivity index (χ0) is 20.6. The number of anilines is 1. The number of nitrogens with one attached hydrogen (secondary N) is 2. The van der Waals surface area contributed by atoms with Gasteiger partial charge in [-0.25, -0.2) is 0 Å².